The number of aromatic nitrogens is 4. The number of hydrogen-bond acceptors (Lipinski definition) is 5. The first-order chi connectivity index (χ1) is 14.9. The summed E-state index contributed by atoms with van der Waals surface area (Å²) in [6, 6.07) is 10.7. The summed E-state index contributed by atoms with van der Waals surface area (Å²) in [5, 5.41) is 1.45. The molecule has 31 heavy (non-hydrogen) atoms. The Kier molecular flexibility index (Phi) is 5.90. The first-order valence-electron chi connectivity index (χ1n) is 9.38. The molecule has 0 atom stereocenters. The van der Waals surface area contributed by atoms with Crippen molar-refractivity contribution in [3.8, 4) is 11.8 Å². The average molecular weight is 450 g/mol. The van der Waals surface area contributed by atoms with E-state index in [1.165, 1.54) is 10.9 Å². The third-order valence-electron chi connectivity index (χ3n) is 4.67. The summed E-state index contributed by atoms with van der Waals surface area (Å²) in [5.74, 6) is 6.87. The second-order valence-corrected chi connectivity index (χ2v) is 7.65. The predicted molar refractivity (Wildman–Crippen MR) is 124 cm³/mol. The van der Waals surface area contributed by atoms with Gasteiger partial charge in [0.1, 0.15) is 5.82 Å². The van der Waals surface area contributed by atoms with E-state index in [1.54, 1.807) is 49.8 Å². The second-order valence-electron chi connectivity index (χ2n) is 6.84. The summed E-state index contributed by atoms with van der Waals surface area (Å²) in [6.07, 6.45) is 4.85. The molecule has 0 saturated heterocycles. The van der Waals surface area contributed by atoms with Crippen molar-refractivity contribution in [3.05, 3.63) is 86.9 Å². The van der Waals surface area contributed by atoms with Gasteiger partial charge in [0.2, 0.25) is 0 Å². The Hall–Kier alpha value is -3.40. The van der Waals surface area contributed by atoms with E-state index in [9.17, 15) is 4.79 Å². The minimum Gasteiger partial charge on any atom is -0.327 e. The highest BCUT2D eigenvalue weighted by Crippen LogP contribution is 2.38. The summed E-state index contributed by atoms with van der Waals surface area (Å²) < 4.78 is 1.44. The van der Waals surface area contributed by atoms with Crippen LogP contribution < -0.4 is 10.5 Å². The maximum absolute atomic E-state index is 12.6. The van der Waals surface area contributed by atoms with Crippen LogP contribution in [0.25, 0.3) is 10.9 Å². The fraction of sp³-hybridized carbons (Fsp3) is 0.130. The van der Waals surface area contributed by atoms with Crippen molar-refractivity contribution in [2.45, 2.75) is 6.92 Å². The van der Waals surface area contributed by atoms with Gasteiger partial charge in [0.15, 0.2) is 0 Å². The van der Waals surface area contributed by atoms with Gasteiger partial charge >= 0.3 is 0 Å². The first-order valence-corrected chi connectivity index (χ1v) is 10.1. The number of benzene rings is 2. The molecule has 2 aromatic carbocycles. The van der Waals surface area contributed by atoms with Crippen LogP contribution in [-0.4, -0.2) is 26.1 Å². The normalized spacial score (nSPS) is 10.6. The van der Waals surface area contributed by atoms with Crippen molar-refractivity contribution in [1.29, 1.82) is 0 Å². The zero-order valence-electron chi connectivity index (χ0n) is 16.8. The van der Waals surface area contributed by atoms with Crippen molar-refractivity contribution in [1.82, 2.24) is 19.5 Å². The molecule has 4 rings (SSSR count). The van der Waals surface area contributed by atoms with E-state index in [1.807, 2.05) is 17.9 Å². The van der Waals surface area contributed by atoms with E-state index in [0.29, 0.717) is 38.0 Å². The van der Waals surface area contributed by atoms with Gasteiger partial charge in [0.25, 0.3) is 5.56 Å². The van der Waals surface area contributed by atoms with Crippen molar-refractivity contribution < 1.29 is 0 Å². The van der Waals surface area contributed by atoms with Gasteiger partial charge in [-0.15, -0.1) is 0 Å². The third kappa shape index (κ3) is 4.38. The van der Waals surface area contributed by atoms with Crippen LogP contribution in [0.4, 0.5) is 11.4 Å². The molecule has 0 saturated carbocycles. The number of anilines is 2. The van der Waals surface area contributed by atoms with Gasteiger partial charge in [-0.2, -0.15) is 0 Å². The van der Waals surface area contributed by atoms with Gasteiger partial charge in [-0.1, -0.05) is 41.1 Å². The summed E-state index contributed by atoms with van der Waals surface area (Å²) in [5.41, 5.74) is 2.51. The predicted octanol–water partition coefficient (Wildman–Crippen LogP) is 4.53. The lowest BCUT2D eigenvalue weighted by atomic mass is 10.1. The fourth-order valence-corrected chi connectivity index (χ4v) is 3.69. The average Bonchev–Trinajstić information content (AvgIpc) is 2.76. The Morgan fingerprint density at radius 3 is 2.48 bits per heavy atom. The molecule has 0 aliphatic carbocycles. The number of halogens is 2. The van der Waals surface area contributed by atoms with Crippen LogP contribution in [0.1, 0.15) is 11.4 Å². The Morgan fingerprint density at radius 1 is 1.06 bits per heavy atom. The largest absolute Gasteiger partial charge is 0.327 e. The molecular weight excluding hydrogens is 433 g/mol. The summed E-state index contributed by atoms with van der Waals surface area (Å²) in [4.78, 5) is 27.1. The maximum atomic E-state index is 12.6. The van der Waals surface area contributed by atoms with Gasteiger partial charge in [-0.3, -0.25) is 4.79 Å². The molecule has 4 aromatic rings. The molecule has 0 amide bonds. The summed E-state index contributed by atoms with van der Waals surface area (Å²) in [7, 11) is 1.67. The molecule has 2 heterocycles. The van der Waals surface area contributed by atoms with Crippen LogP contribution in [0.15, 0.2) is 59.9 Å². The third-order valence-corrected chi connectivity index (χ3v) is 5.28. The van der Waals surface area contributed by atoms with Crippen molar-refractivity contribution in [2.24, 2.45) is 7.05 Å². The Morgan fingerprint density at radius 2 is 1.77 bits per heavy atom. The SMILES string of the molecule is Cc1ncc(C#CCN(c2ccc3ncn(C)c(=O)c3c2)c2c(Cl)cccc2Cl)cn1. The van der Waals surface area contributed by atoms with Gasteiger partial charge in [-0.05, 0) is 37.3 Å². The minimum atomic E-state index is -0.139. The summed E-state index contributed by atoms with van der Waals surface area (Å²) in [6.45, 7) is 2.10. The smallest absolute Gasteiger partial charge is 0.260 e. The molecule has 0 radical (unpaired) electrons. The number of para-hydroxylation sites is 1. The van der Waals surface area contributed by atoms with E-state index in [0.717, 1.165) is 5.69 Å². The number of fused-ring (bicyclic) bond motifs is 1. The monoisotopic (exact) mass is 449 g/mol. The molecule has 0 aliphatic heterocycles. The Balaban J connectivity index is 1.81. The molecular formula is C23H17Cl2N5O. The number of aryl methyl sites for hydroxylation is 2. The second kappa shape index (κ2) is 8.76. The van der Waals surface area contributed by atoms with Crippen molar-refractivity contribution in [2.75, 3.05) is 11.4 Å². The van der Waals surface area contributed by atoms with Crippen LogP contribution in [0.2, 0.25) is 10.0 Å². The van der Waals surface area contributed by atoms with E-state index in [4.69, 9.17) is 23.2 Å². The lowest BCUT2D eigenvalue weighted by molar-refractivity contribution is 0.843. The number of nitrogens with zero attached hydrogens (tertiary/aromatic N) is 5. The van der Waals surface area contributed by atoms with Crippen LogP contribution >= 0.6 is 23.2 Å². The fourth-order valence-electron chi connectivity index (χ4n) is 3.09. The quantitative estimate of drug-likeness (QED) is 0.430. The maximum Gasteiger partial charge on any atom is 0.260 e. The van der Waals surface area contributed by atoms with E-state index in [2.05, 4.69) is 26.8 Å². The number of hydrogen-bond donors (Lipinski definition) is 0. The molecule has 0 spiro atoms. The van der Waals surface area contributed by atoms with Gasteiger partial charge in [-0.25, -0.2) is 15.0 Å². The van der Waals surface area contributed by atoms with Crippen molar-refractivity contribution in [3.63, 3.8) is 0 Å². The van der Waals surface area contributed by atoms with Crippen LogP contribution in [-0.2, 0) is 7.05 Å². The lowest BCUT2D eigenvalue weighted by Gasteiger charge is -2.25. The molecule has 2 aromatic heterocycles. The Bertz CT molecular complexity index is 1370. The standard InChI is InChI=1S/C23H17Cl2N5O/c1-15-26-12-16(13-27-15)5-4-10-30(22-19(24)6-3-7-20(22)25)17-8-9-21-18(11-17)23(31)29(2)14-28-21/h3,6-9,11-14H,10H2,1-2H3. The highest BCUT2D eigenvalue weighted by Gasteiger charge is 2.17. The van der Waals surface area contributed by atoms with Gasteiger partial charge in [0, 0.05) is 25.1 Å². The highest BCUT2D eigenvalue weighted by molar-refractivity contribution is 6.39. The number of rotatable bonds is 3. The van der Waals surface area contributed by atoms with E-state index in [-0.39, 0.29) is 12.1 Å². The van der Waals surface area contributed by atoms with E-state index < -0.39 is 0 Å². The summed E-state index contributed by atoms with van der Waals surface area (Å²) >= 11 is 13.0. The zero-order chi connectivity index (χ0) is 22.0. The molecule has 0 unspecified atom stereocenters. The van der Waals surface area contributed by atoms with Crippen LogP contribution in [0.3, 0.4) is 0 Å². The minimum absolute atomic E-state index is 0.139. The molecule has 0 fully saturated rings. The molecule has 8 heteroatoms. The topological polar surface area (TPSA) is 63.9 Å². The van der Waals surface area contributed by atoms with Crippen LogP contribution in [0.5, 0.6) is 0 Å². The first kappa shape index (κ1) is 20.9. The highest BCUT2D eigenvalue weighted by atomic mass is 35.5. The molecule has 154 valence electrons. The Labute approximate surface area is 189 Å². The van der Waals surface area contributed by atoms with Crippen LogP contribution in [0, 0.1) is 18.8 Å². The zero-order valence-corrected chi connectivity index (χ0v) is 18.3. The van der Waals surface area contributed by atoms with E-state index >= 15 is 0 Å². The molecule has 0 aliphatic rings. The molecule has 6 nitrogen and oxygen atoms in total. The van der Waals surface area contributed by atoms with Gasteiger partial charge in [0.05, 0.1) is 45.1 Å². The molecule has 0 N–H and O–H groups in total. The van der Waals surface area contributed by atoms with Gasteiger partial charge < -0.3 is 9.47 Å². The molecule has 0 bridgehead atoms. The van der Waals surface area contributed by atoms with Crippen molar-refractivity contribution >= 4 is 45.5 Å². The lowest BCUT2D eigenvalue weighted by Crippen LogP contribution is -2.20.